The number of hydrogen-bond acceptors (Lipinski definition) is 3. The van der Waals surface area contributed by atoms with Crippen molar-refractivity contribution in [1.29, 1.82) is 0 Å². The minimum atomic E-state index is -0.281. The van der Waals surface area contributed by atoms with Gasteiger partial charge in [0.1, 0.15) is 12.0 Å². The molecule has 1 aliphatic carbocycles. The third-order valence-electron chi connectivity index (χ3n) is 1.61. The van der Waals surface area contributed by atoms with E-state index in [2.05, 4.69) is 16.7 Å². The molecule has 4 nitrogen and oxygen atoms in total. The number of rotatable bonds is 2. The Morgan fingerprint density at radius 1 is 1.31 bits per heavy atom. The largest absolute Gasteiger partial charge is 0.290 e. The molecule has 0 N–H and O–H groups in total. The number of aliphatic imine (C=N–C) groups is 2. The van der Waals surface area contributed by atoms with Gasteiger partial charge in [-0.25, -0.2) is 4.99 Å². The van der Waals surface area contributed by atoms with Crippen molar-refractivity contribution in [3.63, 3.8) is 0 Å². The maximum Gasteiger partial charge on any atom is 0.204 e. The van der Waals surface area contributed by atoms with Crippen molar-refractivity contribution in [3.05, 3.63) is 23.4 Å². The molecule has 1 aliphatic rings. The van der Waals surface area contributed by atoms with E-state index in [0.717, 1.165) is 6.34 Å². The molecular formula is C9H8N2O2. The van der Waals surface area contributed by atoms with Crippen LogP contribution in [0.4, 0.5) is 0 Å². The quantitative estimate of drug-likeness (QED) is 0.353. The van der Waals surface area contributed by atoms with E-state index in [-0.39, 0.29) is 17.3 Å². The van der Waals surface area contributed by atoms with Crippen LogP contribution in [-0.2, 0) is 9.59 Å². The third kappa shape index (κ3) is 1.84. The summed E-state index contributed by atoms with van der Waals surface area (Å²) in [5, 5.41) is 0. The normalized spacial score (nSPS) is 17.3. The molecule has 0 aromatic carbocycles. The lowest BCUT2D eigenvalue weighted by atomic mass is 10.0. The molecule has 4 heteroatoms. The first-order valence-corrected chi connectivity index (χ1v) is 3.63. The van der Waals surface area contributed by atoms with E-state index in [9.17, 15) is 9.59 Å². The van der Waals surface area contributed by atoms with Crippen LogP contribution in [0.5, 0.6) is 0 Å². The average Bonchev–Trinajstić information content (AvgIpc) is 2.12. The van der Waals surface area contributed by atoms with Crippen molar-refractivity contribution in [2.45, 2.75) is 6.92 Å². The van der Waals surface area contributed by atoms with Gasteiger partial charge in [-0.1, -0.05) is 0 Å². The molecule has 0 aliphatic heterocycles. The minimum Gasteiger partial charge on any atom is -0.290 e. The smallest absolute Gasteiger partial charge is 0.204 e. The van der Waals surface area contributed by atoms with Gasteiger partial charge in [0.15, 0.2) is 5.78 Å². The van der Waals surface area contributed by atoms with Crippen molar-refractivity contribution in [2.24, 2.45) is 9.98 Å². The molecule has 0 aromatic heterocycles. The van der Waals surface area contributed by atoms with E-state index in [0.29, 0.717) is 5.57 Å². The fourth-order valence-electron chi connectivity index (χ4n) is 0.916. The van der Waals surface area contributed by atoms with E-state index in [1.54, 1.807) is 6.92 Å². The number of nitrogens with zero attached hydrogens (tertiary/aromatic N) is 2. The summed E-state index contributed by atoms with van der Waals surface area (Å²) in [6, 6.07) is 0. The van der Waals surface area contributed by atoms with Crippen molar-refractivity contribution in [2.75, 3.05) is 0 Å². The topological polar surface area (TPSA) is 58.9 Å². The van der Waals surface area contributed by atoms with Crippen LogP contribution in [0.15, 0.2) is 33.4 Å². The van der Waals surface area contributed by atoms with Gasteiger partial charge in [-0.3, -0.25) is 14.6 Å². The summed E-state index contributed by atoms with van der Waals surface area (Å²) < 4.78 is 0. The van der Waals surface area contributed by atoms with E-state index < -0.39 is 0 Å². The van der Waals surface area contributed by atoms with Crippen LogP contribution in [0.1, 0.15) is 6.92 Å². The molecular weight excluding hydrogens is 168 g/mol. The van der Waals surface area contributed by atoms with Gasteiger partial charge < -0.3 is 0 Å². The predicted molar refractivity (Wildman–Crippen MR) is 49.9 cm³/mol. The number of allylic oxidation sites excluding steroid dienone is 3. The molecule has 0 aromatic rings. The van der Waals surface area contributed by atoms with Crippen molar-refractivity contribution in [1.82, 2.24) is 0 Å². The number of carbonyl (C=O) groups excluding carboxylic acids is 2. The van der Waals surface area contributed by atoms with Crippen LogP contribution >= 0.6 is 0 Å². The average molecular weight is 176 g/mol. The minimum absolute atomic E-state index is 0.139. The standard InChI is InChI=1S/C9H8N2O2/c1-6-7(12)3-4-8(13)9(6)11-5-10-2/h3-5H,2H2,1H3/b11-5-. The summed E-state index contributed by atoms with van der Waals surface area (Å²) in [4.78, 5) is 29.4. The molecule has 0 spiro atoms. The number of ketones is 2. The second kappa shape index (κ2) is 3.71. The zero-order chi connectivity index (χ0) is 9.84. The highest BCUT2D eigenvalue weighted by Gasteiger charge is 2.17. The highest BCUT2D eigenvalue weighted by Crippen LogP contribution is 2.14. The SMILES string of the molecule is C=N/C=N\C1=C(C)C(=O)C=CC1=O. The first-order chi connectivity index (χ1) is 6.16. The number of hydrogen-bond donors (Lipinski definition) is 0. The molecule has 0 saturated heterocycles. The molecule has 13 heavy (non-hydrogen) atoms. The highest BCUT2D eigenvalue weighted by atomic mass is 16.1. The van der Waals surface area contributed by atoms with Crippen LogP contribution in [0.25, 0.3) is 0 Å². The van der Waals surface area contributed by atoms with Gasteiger partial charge in [0.25, 0.3) is 0 Å². The van der Waals surface area contributed by atoms with Crippen LogP contribution in [0, 0.1) is 0 Å². The zero-order valence-electron chi connectivity index (χ0n) is 7.15. The van der Waals surface area contributed by atoms with Crippen LogP contribution in [0.3, 0.4) is 0 Å². The van der Waals surface area contributed by atoms with Gasteiger partial charge in [0, 0.05) is 5.57 Å². The summed E-state index contributed by atoms with van der Waals surface area (Å²) in [5.74, 6) is -0.479. The number of carbonyl (C=O) groups is 2. The maximum absolute atomic E-state index is 11.2. The third-order valence-corrected chi connectivity index (χ3v) is 1.61. The Balaban J connectivity index is 3.09. The molecule has 0 unspecified atom stereocenters. The van der Waals surface area contributed by atoms with Gasteiger partial charge in [0.05, 0.1) is 0 Å². The summed E-state index contributed by atoms with van der Waals surface area (Å²) in [6.07, 6.45) is 3.58. The summed E-state index contributed by atoms with van der Waals surface area (Å²) >= 11 is 0. The monoisotopic (exact) mass is 176 g/mol. The molecule has 1 rings (SSSR count). The summed E-state index contributed by atoms with van der Waals surface area (Å²) in [6.45, 7) is 4.73. The Morgan fingerprint density at radius 2 is 1.92 bits per heavy atom. The first-order valence-electron chi connectivity index (χ1n) is 3.63. The van der Waals surface area contributed by atoms with E-state index in [4.69, 9.17) is 0 Å². The molecule has 0 amide bonds. The van der Waals surface area contributed by atoms with Gasteiger partial charge in [-0.2, -0.15) is 0 Å². The highest BCUT2D eigenvalue weighted by molar-refractivity contribution is 6.20. The maximum atomic E-state index is 11.2. The lowest BCUT2D eigenvalue weighted by molar-refractivity contribution is -0.115. The van der Waals surface area contributed by atoms with Gasteiger partial charge in [-0.05, 0) is 25.8 Å². The van der Waals surface area contributed by atoms with Gasteiger partial charge >= 0.3 is 0 Å². The lowest BCUT2D eigenvalue weighted by Gasteiger charge is -2.05. The summed E-state index contributed by atoms with van der Waals surface area (Å²) in [5.41, 5.74) is 0.479. The molecule has 0 radical (unpaired) electrons. The Bertz CT molecular complexity index is 362. The molecule has 0 fully saturated rings. The first kappa shape index (κ1) is 9.25. The lowest BCUT2D eigenvalue weighted by Crippen LogP contribution is -2.11. The zero-order valence-corrected chi connectivity index (χ0v) is 7.15. The molecule has 66 valence electrons. The van der Waals surface area contributed by atoms with E-state index in [1.807, 2.05) is 0 Å². The van der Waals surface area contributed by atoms with Crippen LogP contribution in [0.2, 0.25) is 0 Å². The van der Waals surface area contributed by atoms with Gasteiger partial charge in [0.2, 0.25) is 5.78 Å². The van der Waals surface area contributed by atoms with E-state index >= 15 is 0 Å². The Kier molecular flexibility index (Phi) is 2.64. The van der Waals surface area contributed by atoms with Crippen LogP contribution < -0.4 is 0 Å². The molecule has 0 atom stereocenters. The Hall–Kier alpha value is -1.84. The fourth-order valence-corrected chi connectivity index (χ4v) is 0.916. The van der Waals surface area contributed by atoms with Crippen molar-refractivity contribution in [3.8, 4) is 0 Å². The van der Waals surface area contributed by atoms with E-state index in [1.165, 1.54) is 12.2 Å². The second-order valence-corrected chi connectivity index (χ2v) is 2.46. The second-order valence-electron chi connectivity index (χ2n) is 2.46. The predicted octanol–water partition coefficient (Wildman–Crippen LogP) is 0.697. The van der Waals surface area contributed by atoms with Crippen molar-refractivity contribution < 1.29 is 9.59 Å². The fraction of sp³-hybridized carbons (Fsp3) is 0.111. The summed E-state index contributed by atoms with van der Waals surface area (Å²) in [7, 11) is 0. The van der Waals surface area contributed by atoms with Crippen molar-refractivity contribution >= 4 is 24.6 Å². The van der Waals surface area contributed by atoms with Crippen LogP contribution in [-0.4, -0.2) is 24.6 Å². The van der Waals surface area contributed by atoms with Gasteiger partial charge in [-0.15, -0.1) is 0 Å². The Morgan fingerprint density at radius 3 is 2.54 bits per heavy atom. The Labute approximate surface area is 75.4 Å². The molecule has 0 saturated carbocycles. The molecule has 0 heterocycles. The molecule has 0 bridgehead atoms.